The first-order chi connectivity index (χ1) is 8.04. The van der Waals surface area contributed by atoms with Gasteiger partial charge < -0.3 is 5.32 Å². The number of carbonyl (C=O) groups excluding carboxylic acids is 2. The molecule has 3 amide bonds. The number of amides is 3. The molecule has 1 aromatic rings. The van der Waals surface area contributed by atoms with Crippen LogP contribution in [0.25, 0.3) is 0 Å². The minimum absolute atomic E-state index is 0.0105. The van der Waals surface area contributed by atoms with Crippen LogP contribution in [0.4, 0.5) is 10.5 Å². The second kappa shape index (κ2) is 4.94. The summed E-state index contributed by atoms with van der Waals surface area (Å²) in [7, 11) is 0. The van der Waals surface area contributed by atoms with Crippen LogP contribution in [-0.2, 0) is 4.79 Å². The van der Waals surface area contributed by atoms with Gasteiger partial charge in [0.25, 0.3) is 0 Å². The van der Waals surface area contributed by atoms with Crippen molar-refractivity contribution in [3.05, 3.63) is 28.2 Å². The Bertz CT molecular complexity index is 452. The number of nitrogens with one attached hydrogen (secondary N) is 2. The van der Waals surface area contributed by atoms with Gasteiger partial charge >= 0.3 is 6.03 Å². The normalized spacial score (nSPS) is 14.2. The zero-order valence-electron chi connectivity index (χ0n) is 8.80. The summed E-state index contributed by atoms with van der Waals surface area (Å²) in [6.07, 6.45) is 1.70. The van der Waals surface area contributed by atoms with Gasteiger partial charge in [-0.2, -0.15) is 0 Å². The Labute approximate surface area is 108 Å². The molecule has 6 heteroatoms. The highest BCUT2D eigenvalue weighted by molar-refractivity contribution is 6.35. The smallest absolute Gasteiger partial charge is 0.308 e. The van der Waals surface area contributed by atoms with E-state index in [4.69, 9.17) is 23.2 Å². The minimum atomic E-state index is -0.569. The van der Waals surface area contributed by atoms with E-state index < -0.39 is 6.03 Å². The summed E-state index contributed by atoms with van der Waals surface area (Å²) in [5.41, 5.74) is 0.448. The molecule has 1 aliphatic rings. The van der Waals surface area contributed by atoms with Crippen LogP contribution in [0.2, 0.25) is 10.0 Å². The van der Waals surface area contributed by atoms with Gasteiger partial charge in [-0.15, -0.1) is 0 Å². The Morgan fingerprint density at radius 1 is 1.12 bits per heavy atom. The third-order valence-corrected chi connectivity index (χ3v) is 2.74. The molecule has 1 aliphatic carbocycles. The van der Waals surface area contributed by atoms with E-state index in [2.05, 4.69) is 10.6 Å². The number of urea groups is 1. The van der Waals surface area contributed by atoms with Crippen LogP contribution in [0.15, 0.2) is 18.2 Å². The lowest BCUT2D eigenvalue weighted by atomic mass is 10.3. The van der Waals surface area contributed by atoms with Crippen molar-refractivity contribution in [1.82, 2.24) is 5.32 Å². The summed E-state index contributed by atoms with van der Waals surface area (Å²) < 4.78 is 0. The number of imide groups is 1. The van der Waals surface area contributed by atoms with E-state index in [9.17, 15) is 9.59 Å². The molecule has 0 radical (unpaired) electrons. The molecule has 1 aromatic carbocycles. The second-order valence-electron chi connectivity index (χ2n) is 3.88. The Balaban J connectivity index is 1.95. The van der Waals surface area contributed by atoms with Gasteiger partial charge in [0.15, 0.2) is 0 Å². The number of anilines is 1. The van der Waals surface area contributed by atoms with E-state index in [0.29, 0.717) is 15.7 Å². The van der Waals surface area contributed by atoms with Crippen molar-refractivity contribution in [1.29, 1.82) is 0 Å². The first-order valence-corrected chi connectivity index (χ1v) is 5.88. The molecule has 0 spiro atoms. The Hall–Kier alpha value is -1.26. The van der Waals surface area contributed by atoms with Gasteiger partial charge in [-0.1, -0.05) is 23.2 Å². The van der Waals surface area contributed by atoms with Crippen LogP contribution in [0.5, 0.6) is 0 Å². The maximum absolute atomic E-state index is 11.4. The van der Waals surface area contributed by atoms with Gasteiger partial charge in [0.2, 0.25) is 5.91 Å². The summed E-state index contributed by atoms with van der Waals surface area (Å²) in [5, 5.41) is 5.59. The highest BCUT2D eigenvalue weighted by Crippen LogP contribution is 2.28. The molecule has 90 valence electrons. The molecule has 17 heavy (non-hydrogen) atoms. The topological polar surface area (TPSA) is 58.2 Å². The van der Waals surface area contributed by atoms with Crippen molar-refractivity contribution < 1.29 is 9.59 Å². The molecule has 1 fully saturated rings. The third kappa shape index (κ3) is 3.61. The van der Waals surface area contributed by atoms with Crippen molar-refractivity contribution in [3.8, 4) is 0 Å². The summed E-state index contributed by atoms with van der Waals surface area (Å²) in [6, 6.07) is 4.09. The van der Waals surface area contributed by atoms with Gasteiger partial charge in [-0.3, -0.25) is 10.1 Å². The van der Waals surface area contributed by atoms with Crippen LogP contribution in [0.1, 0.15) is 12.8 Å². The molecule has 0 bridgehead atoms. The fourth-order valence-electron chi connectivity index (χ4n) is 1.35. The summed E-state index contributed by atoms with van der Waals surface area (Å²) in [6.45, 7) is 0. The van der Waals surface area contributed by atoms with Crippen LogP contribution < -0.4 is 10.6 Å². The van der Waals surface area contributed by atoms with E-state index in [1.165, 1.54) is 0 Å². The zero-order valence-corrected chi connectivity index (χ0v) is 10.3. The molecular weight excluding hydrogens is 263 g/mol. The van der Waals surface area contributed by atoms with Crippen molar-refractivity contribution in [2.45, 2.75) is 12.8 Å². The van der Waals surface area contributed by atoms with Crippen molar-refractivity contribution in [2.75, 3.05) is 5.32 Å². The molecular formula is C11H10Cl2N2O2. The highest BCUT2D eigenvalue weighted by Gasteiger charge is 2.30. The van der Waals surface area contributed by atoms with E-state index >= 15 is 0 Å². The number of hydrogen-bond donors (Lipinski definition) is 2. The van der Waals surface area contributed by atoms with E-state index in [-0.39, 0.29) is 11.8 Å². The third-order valence-electron chi connectivity index (χ3n) is 2.31. The number of rotatable bonds is 2. The van der Waals surface area contributed by atoms with Crippen molar-refractivity contribution in [2.24, 2.45) is 5.92 Å². The average molecular weight is 273 g/mol. The quantitative estimate of drug-likeness (QED) is 0.870. The molecule has 0 aromatic heterocycles. The molecule has 0 atom stereocenters. The number of halogens is 2. The lowest BCUT2D eigenvalue weighted by Crippen LogP contribution is -2.35. The van der Waals surface area contributed by atoms with Crippen LogP contribution in [-0.4, -0.2) is 11.9 Å². The van der Waals surface area contributed by atoms with Gasteiger partial charge in [0, 0.05) is 21.7 Å². The van der Waals surface area contributed by atoms with Gasteiger partial charge in [0.05, 0.1) is 0 Å². The fourth-order valence-corrected chi connectivity index (χ4v) is 1.87. The monoisotopic (exact) mass is 272 g/mol. The van der Waals surface area contributed by atoms with Gasteiger partial charge in [-0.05, 0) is 31.0 Å². The first kappa shape index (κ1) is 12.2. The summed E-state index contributed by atoms with van der Waals surface area (Å²) >= 11 is 11.6. The van der Waals surface area contributed by atoms with E-state index in [1.54, 1.807) is 18.2 Å². The van der Waals surface area contributed by atoms with E-state index in [1.807, 2.05) is 0 Å². The average Bonchev–Trinajstić information content (AvgIpc) is 2.97. The van der Waals surface area contributed by atoms with Gasteiger partial charge in [0.1, 0.15) is 0 Å². The maximum Gasteiger partial charge on any atom is 0.325 e. The fraction of sp³-hybridized carbons (Fsp3) is 0.273. The maximum atomic E-state index is 11.4. The lowest BCUT2D eigenvalue weighted by Gasteiger charge is -2.07. The Kier molecular flexibility index (Phi) is 3.54. The predicted octanol–water partition coefficient (Wildman–Crippen LogP) is 3.05. The molecule has 0 heterocycles. The van der Waals surface area contributed by atoms with Crippen LogP contribution >= 0.6 is 23.2 Å². The molecule has 0 saturated heterocycles. The van der Waals surface area contributed by atoms with E-state index in [0.717, 1.165) is 12.8 Å². The number of benzene rings is 1. The number of carbonyl (C=O) groups is 2. The lowest BCUT2D eigenvalue weighted by molar-refractivity contribution is -0.121. The zero-order chi connectivity index (χ0) is 12.4. The van der Waals surface area contributed by atoms with Crippen LogP contribution in [0, 0.1) is 5.92 Å². The molecule has 0 aliphatic heterocycles. The first-order valence-electron chi connectivity index (χ1n) is 5.12. The molecule has 4 nitrogen and oxygen atoms in total. The molecule has 1 saturated carbocycles. The minimum Gasteiger partial charge on any atom is -0.308 e. The number of hydrogen-bond acceptors (Lipinski definition) is 2. The van der Waals surface area contributed by atoms with Gasteiger partial charge in [-0.25, -0.2) is 4.79 Å². The molecule has 0 unspecified atom stereocenters. The highest BCUT2D eigenvalue weighted by atomic mass is 35.5. The van der Waals surface area contributed by atoms with Crippen molar-refractivity contribution in [3.63, 3.8) is 0 Å². The molecule has 2 rings (SSSR count). The van der Waals surface area contributed by atoms with Crippen molar-refractivity contribution >= 4 is 40.8 Å². The Morgan fingerprint density at radius 3 is 2.24 bits per heavy atom. The standard InChI is InChI=1S/C11H10Cl2N2O2/c12-7-3-8(13)5-9(4-7)14-11(17)15-10(16)6-1-2-6/h3-6H,1-2H2,(H2,14,15,16,17). The second-order valence-corrected chi connectivity index (χ2v) is 4.75. The predicted molar refractivity (Wildman–Crippen MR) is 66.3 cm³/mol. The summed E-state index contributed by atoms with van der Waals surface area (Å²) in [5.74, 6) is -0.251. The molecule has 2 N–H and O–H groups in total. The largest absolute Gasteiger partial charge is 0.325 e. The Morgan fingerprint density at radius 2 is 1.71 bits per heavy atom. The van der Waals surface area contributed by atoms with Crippen LogP contribution in [0.3, 0.4) is 0 Å². The SMILES string of the molecule is O=C(NC(=O)C1CC1)Nc1cc(Cl)cc(Cl)c1. The summed E-state index contributed by atoms with van der Waals surface area (Å²) in [4.78, 5) is 22.8.